The van der Waals surface area contributed by atoms with Crippen molar-refractivity contribution in [2.45, 2.75) is 77.6 Å². The van der Waals surface area contributed by atoms with E-state index >= 15 is 0 Å². The molecule has 2 aliphatic rings. The van der Waals surface area contributed by atoms with Crippen LogP contribution in [0.25, 0.3) is 0 Å². The Hall–Kier alpha value is -0.780. The van der Waals surface area contributed by atoms with E-state index in [9.17, 15) is 0 Å². The second-order valence-corrected chi connectivity index (χ2v) is 8.06. The Morgan fingerprint density at radius 3 is 1.91 bits per heavy atom. The van der Waals surface area contributed by atoms with E-state index in [2.05, 4.69) is 44.2 Å². The first-order valence-corrected chi connectivity index (χ1v) is 9.82. The van der Waals surface area contributed by atoms with Crippen molar-refractivity contribution < 1.29 is 0 Å². The van der Waals surface area contributed by atoms with Crippen molar-refractivity contribution in [1.29, 1.82) is 0 Å². The van der Waals surface area contributed by atoms with E-state index in [4.69, 9.17) is 0 Å². The molecule has 0 heteroatoms. The minimum atomic E-state index is 0.748. The summed E-state index contributed by atoms with van der Waals surface area (Å²) in [5, 5.41) is 0. The van der Waals surface area contributed by atoms with Crippen molar-refractivity contribution in [3.8, 4) is 0 Å². The zero-order chi connectivity index (χ0) is 15.4. The third-order valence-electron chi connectivity index (χ3n) is 6.98. The molecule has 0 N–H and O–H groups in total. The van der Waals surface area contributed by atoms with Gasteiger partial charge in [-0.2, -0.15) is 0 Å². The molecule has 0 heterocycles. The number of rotatable bonds is 4. The predicted molar refractivity (Wildman–Crippen MR) is 96.0 cm³/mol. The lowest BCUT2D eigenvalue weighted by Crippen LogP contribution is -2.27. The van der Waals surface area contributed by atoms with Gasteiger partial charge in [0.05, 0.1) is 0 Å². The molecular formula is C22H34. The highest BCUT2D eigenvalue weighted by atomic mass is 14.4. The molecular weight excluding hydrogens is 264 g/mol. The SMILES string of the molecule is CC[C@H]1CC[C@H](C2CCC(C(C)c3ccccc3)CC2)CC1. The fourth-order valence-electron chi connectivity index (χ4n) is 5.21. The summed E-state index contributed by atoms with van der Waals surface area (Å²) in [5.74, 6) is 4.84. The highest BCUT2D eigenvalue weighted by Crippen LogP contribution is 2.44. The van der Waals surface area contributed by atoms with Gasteiger partial charge in [-0.3, -0.25) is 0 Å². The standard InChI is InChI=1S/C22H34/c1-3-18-9-11-21(12-10-18)22-15-13-20(14-16-22)17(2)19-7-5-4-6-8-19/h4-8,17-18,20-22H,3,9-16H2,1-2H3/t17?,18-,20?,21-,22?. The lowest BCUT2D eigenvalue weighted by molar-refractivity contribution is 0.138. The lowest BCUT2D eigenvalue weighted by atomic mass is 9.67. The van der Waals surface area contributed by atoms with Crippen LogP contribution in [0.4, 0.5) is 0 Å². The summed E-state index contributed by atoms with van der Waals surface area (Å²) >= 11 is 0. The molecule has 2 fully saturated rings. The van der Waals surface area contributed by atoms with E-state index < -0.39 is 0 Å². The van der Waals surface area contributed by atoms with Crippen LogP contribution >= 0.6 is 0 Å². The molecule has 2 saturated carbocycles. The van der Waals surface area contributed by atoms with Crippen LogP contribution in [0.1, 0.15) is 83.1 Å². The second-order valence-electron chi connectivity index (χ2n) is 8.06. The summed E-state index contributed by atoms with van der Waals surface area (Å²) in [4.78, 5) is 0. The van der Waals surface area contributed by atoms with E-state index in [0.717, 1.165) is 29.6 Å². The molecule has 122 valence electrons. The molecule has 1 atom stereocenters. The van der Waals surface area contributed by atoms with Gasteiger partial charge in [0.15, 0.2) is 0 Å². The molecule has 0 aliphatic heterocycles. The second kappa shape index (κ2) is 7.66. The van der Waals surface area contributed by atoms with Gasteiger partial charge in [-0.05, 0) is 73.7 Å². The van der Waals surface area contributed by atoms with Crippen LogP contribution in [-0.4, -0.2) is 0 Å². The van der Waals surface area contributed by atoms with Crippen molar-refractivity contribution >= 4 is 0 Å². The molecule has 0 amide bonds. The predicted octanol–water partition coefficient (Wildman–Crippen LogP) is 6.81. The molecule has 1 aromatic carbocycles. The van der Waals surface area contributed by atoms with E-state index in [1.165, 1.54) is 57.8 Å². The summed E-state index contributed by atoms with van der Waals surface area (Å²) in [7, 11) is 0. The fourth-order valence-corrected chi connectivity index (χ4v) is 5.21. The van der Waals surface area contributed by atoms with Crippen LogP contribution in [-0.2, 0) is 0 Å². The summed E-state index contributed by atoms with van der Waals surface area (Å²) in [6.45, 7) is 4.83. The zero-order valence-electron chi connectivity index (χ0n) is 14.6. The molecule has 0 radical (unpaired) electrons. The minimum absolute atomic E-state index is 0.748. The first kappa shape index (κ1) is 16.1. The van der Waals surface area contributed by atoms with Crippen LogP contribution in [0.3, 0.4) is 0 Å². The largest absolute Gasteiger partial charge is 0.0651 e. The van der Waals surface area contributed by atoms with E-state index in [1.807, 2.05) is 0 Å². The Labute approximate surface area is 137 Å². The normalized spacial score (nSPS) is 34.3. The molecule has 22 heavy (non-hydrogen) atoms. The van der Waals surface area contributed by atoms with Crippen LogP contribution in [0, 0.1) is 23.7 Å². The third kappa shape index (κ3) is 3.76. The first-order chi connectivity index (χ1) is 10.8. The monoisotopic (exact) mass is 298 g/mol. The summed E-state index contributed by atoms with van der Waals surface area (Å²) in [6.07, 6.45) is 13.4. The van der Waals surface area contributed by atoms with Gasteiger partial charge in [-0.1, -0.05) is 63.4 Å². The van der Waals surface area contributed by atoms with Crippen molar-refractivity contribution in [1.82, 2.24) is 0 Å². The van der Waals surface area contributed by atoms with Crippen LogP contribution in [0.15, 0.2) is 30.3 Å². The average Bonchev–Trinajstić information content (AvgIpc) is 2.62. The van der Waals surface area contributed by atoms with Crippen LogP contribution < -0.4 is 0 Å². The quantitative estimate of drug-likeness (QED) is 0.572. The highest BCUT2D eigenvalue weighted by molar-refractivity contribution is 5.19. The maximum absolute atomic E-state index is 2.45. The lowest BCUT2D eigenvalue weighted by Gasteiger charge is -2.39. The van der Waals surface area contributed by atoms with E-state index in [-0.39, 0.29) is 0 Å². The molecule has 2 aliphatic carbocycles. The van der Waals surface area contributed by atoms with E-state index in [1.54, 1.807) is 5.56 Å². The Balaban J connectivity index is 1.48. The maximum atomic E-state index is 2.45. The first-order valence-electron chi connectivity index (χ1n) is 9.82. The van der Waals surface area contributed by atoms with E-state index in [0.29, 0.717) is 0 Å². The van der Waals surface area contributed by atoms with Gasteiger partial charge >= 0.3 is 0 Å². The van der Waals surface area contributed by atoms with Crippen molar-refractivity contribution in [2.24, 2.45) is 23.7 Å². The molecule has 3 rings (SSSR count). The Kier molecular flexibility index (Phi) is 5.61. The average molecular weight is 299 g/mol. The van der Waals surface area contributed by atoms with Crippen molar-refractivity contribution in [3.05, 3.63) is 35.9 Å². The Morgan fingerprint density at radius 1 is 0.818 bits per heavy atom. The van der Waals surface area contributed by atoms with Crippen molar-refractivity contribution in [3.63, 3.8) is 0 Å². The summed E-state index contributed by atoms with van der Waals surface area (Å²) in [6, 6.07) is 11.2. The number of hydrogen-bond acceptors (Lipinski definition) is 0. The Bertz CT molecular complexity index is 419. The van der Waals surface area contributed by atoms with Crippen LogP contribution in [0.5, 0.6) is 0 Å². The molecule has 1 aromatic rings. The fraction of sp³-hybridized carbons (Fsp3) is 0.727. The Morgan fingerprint density at radius 2 is 1.36 bits per heavy atom. The van der Waals surface area contributed by atoms with Crippen molar-refractivity contribution in [2.75, 3.05) is 0 Å². The molecule has 0 nitrogen and oxygen atoms in total. The molecule has 0 saturated heterocycles. The highest BCUT2D eigenvalue weighted by Gasteiger charge is 2.32. The van der Waals surface area contributed by atoms with Gasteiger partial charge in [0, 0.05) is 0 Å². The summed E-state index contributed by atoms with van der Waals surface area (Å²) < 4.78 is 0. The van der Waals surface area contributed by atoms with Gasteiger partial charge in [0.1, 0.15) is 0 Å². The van der Waals surface area contributed by atoms with Gasteiger partial charge in [-0.25, -0.2) is 0 Å². The third-order valence-corrected chi connectivity index (χ3v) is 6.98. The van der Waals surface area contributed by atoms with Gasteiger partial charge < -0.3 is 0 Å². The zero-order valence-corrected chi connectivity index (χ0v) is 14.6. The smallest absolute Gasteiger partial charge is 0.0162 e. The molecule has 0 bridgehead atoms. The number of benzene rings is 1. The van der Waals surface area contributed by atoms with Crippen LogP contribution in [0.2, 0.25) is 0 Å². The topological polar surface area (TPSA) is 0 Å². The minimum Gasteiger partial charge on any atom is -0.0651 e. The van der Waals surface area contributed by atoms with Gasteiger partial charge in [-0.15, -0.1) is 0 Å². The maximum Gasteiger partial charge on any atom is -0.0162 e. The molecule has 0 spiro atoms. The number of hydrogen-bond donors (Lipinski definition) is 0. The van der Waals surface area contributed by atoms with Gasteiger partial charge in [0.25, 0.3) is 0 Å². The molecule has 1 unspecified atom stereocenters. The molecule has 0 aromatic heterocycles. The summed E-state index contributed by atoms with van der Waals surface area (Å²) in [5.41, 5.74) is 1.55. The van der Waals surface area contributed by atoms with Gasteiger partial charge in [0.2, 0.25) is 0 Å².